The highest BCUT2D eigenvalue weighted by Gasteiger charge is 2.31. The normalized spacial score (nSPS) is 13.9. The van der Waals surface area contributed by atoms with Crippen LogP contribution in [0.4, 0.5) is 17.1 Å². The number of β-amino-alcohol motifs (C(OH)–C–C–N with tert-alkyl or cyclic N) is 1. The number of hydrogen-bond acceptors (Lipinski definition) is 8. The molecule has 1 aliphatic rings. The van der Waals surface area contributed by atoms with Crippen molar-refractivity contribution in [2.45, 2.75) is 6.92 Å². The van der Waals surface area contributed by atoms with Crippen LogP contribution in [0.3, 0.4) is 0 Å². The van der Waals surface area contributed by atoms with Crippen molar-refractivity contribution < 1.29 is 24.5 Å². The third-order valence-electron chi connectivity index (χ3n) is 3.36. The van der Waals surface area contributed by atoms with E-state index in [1.807, 2.05) is 0 Å². The molecule has 126 valence electrons. The lowest BCUT2D eigenvalue weighted by atomic mass is 10.1. The van der Waals surface area contributed by atoms with Gasteiger partial charge in [-0.3, -0.25) is 34.7 Å². The van der Waals surface area contributed by atoms with Gasteiger partial charge in [0.05, 0.1) is 28.7 Å². The Labute approximate surface area is 134 Å². The van der Waals surface area contributed by atoms with E-state index in [1.165, 1.54) is 6.92 Å². The van der Waals surface area contributed by atoms with E-state index in [0.29, 0.717) is 0 Å². The molecular formula is C13H12N4O7. The number of carbonyl (C=O) groups is 2. The Hall–Kier alpha value is -3.34. The van der Waals surface area contributed by atoms with Gasteiger partial charge in [-0.15, -0.1) is 0 Å². The lowest BCUT2D eigenvalue weighted by Gasteiger charge is -2.13. The highest BCUT2D eigenvalue weighted by Crippen LogP contribution is 2.32. The molecule has 0 aliphatic carbocycles. The number of hydrogen-bond donors (Lipinski definition) is 2. The van der Waals surface area contributed by atoms with Crippen molar-refractivity contribution in [2.75, 3.05) is 18.5 Å². The number of nitrogens with one attached hydrogen (secondary N) is 1. The third kappa shape index (κ3) is 3.05. The highest BCUT2D eigenvalue weighted by molar-refractivity contribution is 6.17. The van der Waals surface area contributed by atoms with Crippen LogP contribution in [0, 0.1) is 27.2 Å². The summed E-state index contributed by atoms with van der Waals surface area (Å²) in [4.78, 5) is 44.9. The Morgan fingerprint density at radius 3 is 2.17 bits per heavy atom. The number of benzene rings is 1. The minimum atomic E-state index is -0.776. The second-order valence-corrected chi connectivity index (χ2v) is 4.86. The Balaban J connectivity index is 2.39. The molecule has 11 heteroatoms. The summed E-state index contributed by atoms with van der Waals surface area (Å²) in [5, 5.41) is 33.4. The first kappa shape index (κ1) is 17.0. The fourth-order valence-electron chi connectivity index (χ4n) is 2.20. The van der Waals surface area contributed by atoms with Crippen molar-refractivity contribution in [3.05, 3.63) is 49.7 Å². The molecule has 2 N–H and O–H groups in total. The molecule has 2 rings (SSSR count). The van der Waals surface area contributed by atoms with Crippen LogP contribution in [0.25, 0.3) is 0 Å². The molecule has 0 unspecified atom stereocenters. The highest BCUT2D eigenvalue weighted by atomic mass is 16.6. The molecule has 0 bridgehead atoms. The first-order valence-corrected chi connectivity index (χ1v) is 6.65. The van der Waals surface area contributed by atoms with Gasteiger partial charge in [-0.05, 0) is 6.92 Å². The van der Waals surface area contributed by atoms with Gasteiger partial charge < -0.3 is 10.4 Å². The molecular weight excluding hydrogens is 324 g/mol. The van der Waals surface area contributed by atoms with Gasteiger partial charge in [0.2, 0.25) is 0 Å². The number of carbonyl (C=O) groups excluding carboxylic acids is 2. The van der Waals surface area contributed by atoms with E-state index in [0.717, 1.165) is 23.1 Å². The van der Waals surface area contributed by atoms with Gasteiger partial charge in [-0.25, -0.2) is 0 Å². The number of imide groups is 1. The zero-order valence-electron chi connectivity index (χ0n) is 12.4. The summed E-state index contributed by atoms with van der Waals surface area (Å²) >= 11 is 0. The standard InChI is InChI=1S/C13H12N4O7/c1-7-10(16(21)22)4-8(5-11(7)17(23)24)14-9-6-12(19)15(2-3-18)13(9)20/h4-6,14,18H,2-3H2,1H3. The van der Waals surface area contributed by atoms with Crippen molar-refractivity contribution in [1.29, 1.82) is 0 Å². The first-order chi connectivity index (χ1) is 11.3. The maximum Gasteiger partial charge on any atom is 0.281 e. The lowest BCUT2D eigenvalue weighted by molar-refractivity contribution is -0.395. The van der Waals surface area contributed by atoms with Gasteiger partial charge in [-0.2, -0.15) is 0 Å². The zero-order valence-corrected chi connectivity index (χ0v) is 12.4. The molecule has 0 radical (unpaired) electrons. The number of anilines is 1. The number of aliphatic hydroxyl groups is 1. The SMILES string of the molecule is Cc1c([N+](=O)[O-])cc(NC2=CC(=O)N(CCO)C2=O)cc1[N+](=O)[O-]. The van der Waals surface area contributed by atoms with Gasteiger partial charge in [0.25, 0.3) is 23.2 Å². The molecule has 1 aromatic rings. The Bertz CT molecular complexity index is 752. The van der Waals surface area contributed by atoms with Gasteiger partial charge in [0.15, 0.2) is 0 Å². The molecule has 0 spiro atoms. The second-order valence-electron chi connectivity index (χ2n) is 4.86. The lowest BCUT2D eigenvalue weighted by Crippen LogP contribution is -2.34. The van der Waals surface area contributed by atoms with Crippen LogP contribution in [0.15, 0.2) is 23.9 Å². The van der Waals surface area contributed by atoms with E-state index in [2.05, 4.69) is 5.32 Å². The molecule has 0 fully saturated rings. The van der Waals surface area contributed by atoms with Crippen molar-refractivity contribution in [2.24, 2.45) is 0 Å². The number of nitrogens with zero attached hydrogens (tertiary/aromatic N) is 3. The van der Waals surface area contributed by atoms with E-state index >= 15 is 0 Å². The topological polar surface area (TPSA) is 156 Å². The molecule has 1 aromatic carbocycles. The summed E-state index contributed by atoms with van der Waals surface area (Å²) in [6.45, 7) is 0.625. The third-order valence-corrected chi connectivity index (χ3v) is 3.36. The minimum Gasteiger partial charge on any atom is -0.395 e. The van der Waals surface area contributed by atoms with Gasteiger partial charge in [0.1, 0.15) is 11.3 Å². The number of nitro groups is 2. The van der Waals surface area contributed by atoms with Crippen LogP contribution in [0.5, 0.6) is 0 Å². The number of nitro benzene ring substituents is 2. The van der Waals surface area contributed by atoms with Crippen molar-refractivity contribution in [1.82, 2.24) is 4.90 Å². The molecule has 0 aromatic heterocycles. The molecule has 0 saturated heterocycles. The van der Waals surface area contributed by atoms with Gasteiger partial charge in [-0.1, -0.05) is 0 Å². The quantitative estimate of drug-likeness (QED) is 0.431. The number of aliphatic hydroxyl groups excluding tert-OH is 1. The van der Waals surface area contributed by atoms with Crippen LogP contribution in [0.2, 0.25) is 0 Å². The van der Waals surface area contributed by atoms with Crippen LogP contribution in [-0.2, 0) is 9.59 Å². The van der Waals surface area contributed by atoms with Crippen molar-refractivity contribution >= 4 is 28.9 Å². The van der Waals surface area contributed by atoms with Crippen LogP contribution in [-0.4, -0.2) is 44.8 Å². The maximum atomic E-state index is 12.0. The van der Waals surface area contributed by atoms with E-state index in [4.69, 9.17) is 5.11 Å². The summed E-state index contributed by atoms with van der Waals surface area (Å²) < 4.78 is 0. The summed E-state index contributed by atoms with van der Waals surface area (Å²) in [5.41, 5.74) is -1.37. The Morgan fingerprint density at radius 1 is 1.17 bits per heavy atom. The predicted molar refractivity (Wildman–Crippen MR) is 80.0 cm³/mol. The predicted octanol–water partition coefficient (Wildman–Crippen LogP) is 0.468. The van der Waals surface area contributed by atoms with E-state index < -0.39 is 39.6 Å². The summed E-state index contributed by atoms with van der Waals surface area (Å²) in [6, 6.07) is 2.07. The molecule has 0 saturated carbocycles. The summed E-state index contributed by atoms with van der Waals surface area (Å²) in [7, 11) is 0. The largest absolute Gasteiger partial charge is 0.395 e. The second kappa shape index (κ2) is 6.42. The molecule has 1 aliphatic heterocycles. The molecule has 1 heterocycles. The van der Waals surface area contributed by atoms with Gasteiger partial charge in [0, 0.05) is 18.2 Å². The van der Waals surface area contributed by atoms with Crippen LogP contribution >= 0.6 is 0 Å². The van der Waals surface area contributed by atoms with Crippen molar-refractivity contribution in [3.8, 4) is 0 Å². The van der Waals surface area contributed by atoms with E-state index in [1.54, 1.807) is 0 Å². The van der Waals surface area contributed by atoms with Crippen LogP contribution < -0.4 is 5.32 Å². The Morgan fingerprint density at radius 2 is 1.71 bits per heavy atom. The molecule has 2 amide bonds. The fraction of sp³-hybridized carbons (Fsp3) is 0.231. The number of amides is 2. The fourth-order valence-corrected chi connectivity index (χ4v) is 2.20. The summed E-state index contributed by atoms with van der Waals surface area (Å²) in [5.74, 6) is -1.40. The minimum absolute atomic E-state index is 0.0720. The maximum absolute atomic E-state index is 12.0. The van der Waals surface area contributed by atoms with Gasteiger partial charge >= 0.3 is 0 Å². The smallest absolute Gasteiger partial charge is 0.281 e. The van der Waals surface area contributed by atoms with Crippen LogP contribution in [0.1, 0.15) is 5.56 Å². The van der Waals surface area contributed by atoms with E-state index in [-0.39, 0.29) is 23.5 Å². The van der Waals surface area contributed by atoms with E-state index in [9.17, 15) is 29.8 Å². The monoisotopic (exact) mass is 336 g/mol. The molecule has 0 atom stereocenters. The van der Waals surface area contributed by atoms with Crippen molar-refractivity contribution in [3.63, 3.8) is 0 Å². The average Bonchev–Trinajstić information content (AvgIpc) is 2.76. The average molecular weight is 336 g/mol. The number of rotatable bonds is 6. The summed E-state index contributed by atoms with van der Waals surface area (Å²) in [6.07, 6.45) is 0.954. The molecule has 24 heavy (non-hydrogen) atoms. The molecule has 11 nitrogen and oxygen atoms in total. The Kier molecular flexibility index (Phi) is 4.55. The zero-order chi connectivity index (χ0) is 18.0. The first-order valence-electron chi connectivity index (χ1n) is 6.65.